The van der Waals surface area contributed by atoms with Crippen LogP contribution in [0.3, 0.4) is 0 Å². The number of benzene rings is 4. The molecule has 0 bridgehead atoms. The Kier molecular flexibility index (Phi) is 32.5. The quantitative estimate of drug-likeness (QED) is 0.0270. The Balaban J connectivity index is 0.0000160. The smallest absolute Gasteiger partial charge is 0.320 e. The fourth-order valence-corrected chi connectivity index (χ4v) is 14.2. The van der Waals surface area contributed by atoms with Crippen LogP contribution in [0.2, 0.25) is 0 Å². The van der Waals surface area contributed by atoms with Crippen molar-refractivity contribution in [2.24, 2.45) is 0 Å². The van der Waals surface area contributed by atoms with Gasteiger partial charge in [-0.1, -0.05) is 58.9 Å². The van der Waals surface area contributed by atoms with E-state index in [1.807, 2.05) is 71.0 Å². The monoisotopic (exact) mass is 1730 g/mol. The molecule has 35 nitrogen and oxygen atoms in total. The number of amides is 5. The number of phenolic OH excluding ortho intramolecular Hbond substituents is 4. The minimum absolute atomic E-state index is 0. The van der Waals surface area contributed by atoms with Gasteiger partial charge in [-0.3, -0.25) is 86.5 Å². The van der Waals surface area contributed by atoms with E-state index in [9.17, 15) is 88.8 Å². The number of aromatic hydroxyl groups is 4. The third-order valence-electron chi connectivity index (χ3n) is 20.3. The predicted molar refractivity (Wildman–Crippen MR) is 408 cm³/mol. The van der Waals surface area contributed by atoms with Crippen LogP contribution in [-0.4, -0.2) is 318 Å². The second kappa shape index (κ2) is 41.3. The summed E-state index contributed by atoms with van der Waals surface area (Å²) in [6.07, 6.45) is -0.632. The molecule has 0 saturated carbocycles. The number of carboxylic acids is 4. The van der Waals surface area contributed by atoms with Crippen LogP contribution in [-0.2, 0) is 51.4 Å². The van der Waals surface area contributed by atoms with Gasteiger partial charge in [0.1, 0.15) is 41.1 Å². The van der Waals surface area contributed by atoms with Gasteiger partial charge in [0, 0.05) is 198 Å². The van der Waals surface area contributed by atoms with E-state index in [0.29, 0.717) is 74.7 Å². The van der Waals surface area contributed by atoms with Crippen LogP contribution in [0.25, 0.3) is 34.2 Å². The summed E-state index contributed by atoms with van der Waals surface area (Å²) in [4.78, 5) is 147. The second-order valence-corrected chi connectivity index (χ2v) is 29.1. The van der Waals surface area contributed by atoms with E-state index < -0.39 is 97.5 Å². The molecule has 113 heavy (non-hydrogen) atoms. The van der Waals surface area contributed by atoms with Crippen LogP contribution in [0.1, 0.15) is 136 Å². The van der Waals surface area contributed by atoms with E-state index >= 15 is 0 Å². The van der Waals surface area contributed by atoms with Crippen molar-refractivity contribution in [3.8, 4) is 57.1 Å². The van der Waals surface area contributed by atoms with Crippen molar-refractivity contribution >= 4 is 59.2 Å². The molecule has 2 aromatic heterocycles. The SMILES string of the molecule is CCCC(=O)c1nnc(-c2cc(C(C)C)c(O)cc2O)n1-c1ccc(CN2CCN(C(=O)[C@@H](C)NC(=O)[C@@H](CC(=O)N3CCN(Cc4ccc(-n5c(C(=O)NCC)nnc5-c5cc(C(C)C)c(O)cc5O)cc4)CC3)NC(=O)CC[C@H](C(=O)O)N3CCN(CC(=O)O)CCN(CC(=O)O)CCN(CC(=O)O)CC3)CC2)cc1.[Lu]. The van der Waals surface area contributed by atoms with Crippen LogP contribution in [0.5, 0.6) is 23.0 Å². The molecule has 3 fully saturated rings. The summed E-state index contributed by atoms with van der Waals surface area (Å²) in [5, 5.41) is 109. The first-order chi connectivity index (χ1) is 53.4. The van der Waals surface area contributed by atoms with Crippen LogP contribution in [0.4, 0.5) is 0 Å². The van der Waals surface area contributed by atoms with Crippen molar-refractivity contribution in [1.29, 1.82) is 0 Å². The molecule has 3 atom stereocenters. The van der Waals surface area contributed by atoms with Gasteiger partial charge >= 0.3 is 23.9 Å². The average molecular weight is 1730 g/mol. The summed E-state index contributed by atoms with van der Waals surface area (Å²) in [5.41, 5.74) is 4.50. The van der Waals surface area contributed by atoms with Crippen LogP contribution < -0.4 is 16.0 Å². The maximum atomic E-state index is 14.6. The number of rotatable bonds is 32. The standard InChI is InChI=1S/C77H103N17O18.Lu/c1-8-10-60(95)72-83-81-70(56-37-54(47(3)4)61(96)40-63(56)98)93(72)52-15-11-50(12-16-52)43-86-29-35-92(36-30-86)76(110)49(7)79-74(108)58(80-65(100)20-19-59(77(111)112)90-31-25-88(45-68(104)105)23-21-87(44-67(102)103)22-24-89(26-32-90)46-69(106)107)39-66(101)91-33-27-85(28-34-91)42-51-13-17-53(18-14-51)94-71(82-84-73(94)75(109)78-9-2)57-38-55(48(5)6)62(97)41-64(57)99;/h11-18,37-38,40-41,47-49,58-59,96-99H,8-10,19-36,39,42-46H2,1-7H3,(H,78,109)(H,79,108)(H,80,100)(H,102,103)(H,104,105)(H,106,107)(H,111,112);/t49-,58-,59-;/m1./s1. The number of nitrogens with zero attached hydrogens (tertiary/aromatic N) is 14. The van der Waals surface area contributed by atoms with E-state index in [4.69, 9.17) is 0 Å². The minimum Gasteiger partial charge on any atom is -0.508 e. The molecule has 3 saturated heterocycles. The number of phenols is 4. The number of carbonyl (C=O) groups is 10. The van der Waals surface area contributed by atoms with Crippen molar-refractivity contribution < 1.29 is 126 Å². The Morgan fingerprint density at radius 1 is 0.478 bits per heavy atom. The molecule has 11 N–H and O–H groups in total. The van der Waals surface area contributed by atoms with Crippen molar-refractivity contribution in [1.82, 2.24) is 84.7 Å². The number of carbonyl (C=O) groups excluding carboxylic acids is 6. The van der Waals surface area contributed by atoms with Gasteiger partial charge in [-0.2, -0.15) is 0 Å². The number of ketones is 1. The number of carboxylic acid groups (broad SMARTS) is 4. The molecule has 3 aliphatic heterocycles. The first kappa shape index (κ1) is 88.8. The number of nitrogens with one attached hydrogen (secondary N) is 3. The van der Waals surface area contributed by atoms with Crippen LogP contribution in [0.15, 0.2) is 72.8 Å². The van der Waals surface area contributed by atoms with Crippen LogP contribution in [0, 0.1) is 36.9 Å². The first-order valence-corrected chi connectivity index (χ1v) is 37.8. The van der Waals surface area contributed by atoms with Gasteiger partial charge in [0.15, 0.2) is 11.6 Å². The molecule has 5 heterocycles. The maximum absolute atomic E-state index is 14.6. The van der Waals surface area contributed by atoms with Gasteiger partial charge in [-0.05, 0) is 97.2 Å². The van der Waals surface area contributed by atoms with Gasteiger partial charge in [0.05, 0.1) is 37.2 Å². The summed E-state index contributed by atoms with van der Waals surface area (Å²) in [6.45, 7) is 15.5. The Labute approximate surface area is 683 Å². The number of hydrogen-bond acceptors (Lipinski definition) is 24. The zero-order valence-electron chi connectivity index (χ0n) is 64.6. The molecule has 0 unspecified atom stereocenters. The summed E-state index contributed by atoms with van der Waals surface area (Å²) in [7, 11) is 0. The van der Waals surface area contributed by atoms with Crippen LogP contribution >= 0.6 is 0 Å². The largest absolute Gasteiger partial charge is 0.508 e. The molecule has 9 rings (SSSR count). The summed E-state index contributed by atoms with van der Waals surface area (Å²) in [5.74, 6) is -8.67. The molecule has 619 valence electrons. The number of Topliss-reactive ketones (excluding diaryl/α,β-unsaturated/α-hetero) is 1. The Bertz CT molecular complexity index is 4320. The van der Waals surface area contributed by atoms with E-state index in [0.717, 1.165) is 11.1 Å². The summed E-state index contributed by atoms with van der Waals surface area (Å²) < 4.78 is 3.12. The number of aromatic nitrogens is 6. The summed E-state index contributed by atoms with van der Waals surface area (Å²) >= 11 is 0. The Morgan fingerprint density at radius 3 is 1.31 bits per heavy atom. The average Bonchev–Trinajstić information content (AvgIpc) is 1.65. The van der Waals surface area contributed by atoms with Crippen molar-refractivity contribution in [2.75, 3.05) is 131 Å². The third-order valence-corrected chi connectivity index (χ3v) is 20.3. The van der Waals surface area contributed by atoms with Gasteiger partial charge in [-0.15, -0.1) is 20.4 Å². The molecule has 0 aliphatic carbocycles. The molecule has 0 spiro atoms. The van der Waals surface area contributed by atoms with E-state index in [-0.39, 0.29) is 210 Å². The van der Waals surface area contributed by atoms with Gasteiger partial charge in [0.25, 0.3) is 5.91 Å². The molecule has 6 aromatic rings. The fraction of sp³-hybridized carbons (Fsp3) is 0.506. The van der Waals surface area contributed by atoms with Gasteiger partial charge in [0.2, 0.25) is 41.1 Å². The van der Waals surface area contributed by atoms with Crippen molar-refractivity contribution in [2.45, 2.75) is 124 Å². The topological polar surface area (TPSA) is 456 Å². The number of piperazine rings is 2. The number of aliphatic carboxylic acids is 4. The zero-order chi connectivity index (χ0) is 81.2. The fourth-order valence-electron chi connectivity index (χ4n) is 14.2. The molecule has 4 aromatic carbocycles. The minimum atomic E-state index is -1.57. The molecule has 3 aliphatic rings. The third kappa shape index (κ3) is 23.9. The van der Waals surface area contributed by atoms with Gasteiger partial charge in [-0.25, -0.2) is 0 Å². The van der Waals surface area contributed by atoms with Gasteiger partial charge < -0.3 is 66.6 Å². The molecule has 36 heteroatoms. The molecular formula is C77H103LuN17O18. The normalized spacial score (nSPS) is 16.3. The van der Waals surface area contributed by atoms with Crippen molar-refractivity contribution in [3.63, 3.8) is 0 Å². The summed E-state index contributed by atoms with van der Waals surface area (Å²) in [6, 6.07) is 16.3. The molecule has 1 radical (unpaired) electrons. The molecular weight excluding hydrogens is 1630 g/mol. The Hall–Kier alpha value is -9.75. The van der Waals surface area contributed by atoms with Crippen molar-refractivity contribution in [3.05, 3.63) is 107 Å². The van der Waals surface area contributed by atoms with E-state index in [1.54, 1.807) is 50.5 Å². The zero-order valence-corrected chi connectivity index (χ0v) is 66.2. The number of hydrogen-bond donors (Lipinski definition) is 11. The van der Waals surface area contributed by atoms with E-state index in [1.165, 1.54) is 38.3 Å². The maximum Gasteiger partial charge on any atom is 0.320 e. The predicted octanol–water partition coefficient (Wildman–Crippen LogP) is 3.06. The van der Waals surface area contributed by atoms with E-state index in [2.05, 4.69) is 46.1 Å². The molecule has 5 amide bonds. The Morgan fingerprint density at radius 2 is 0.894 bits per heavy atom. The first-order valence-electron chi connectivity index (χ1n) is 37.8. The second-order valence-electron chi connectivity index (χ2n) is 29.1.